The number of nitrogens with one attached hydrogen (secondary N) is 1. The Kier molecular flexibility index (Phi) is 6.19. The van der Waals surface area contributed by atoms with Crippen molar-refractivity contribution in [1.29, 1.82) is 0 Å². The summed E-state index contributed by atoms with van der Waals surface area (Å²) >= 11 is 0. The molecule has 0 aliphatic carbocycles. The van der Waals surface area contributed by atoms with Crippen LogP contribution in [-0.4, -0.2) is 74.0 Å². The summed E-state index contributed by atoms with van der Waals surface area (Å²) in [6, 6.07) is 9.61. The van der Waals surface area contributed by atoms with Crippen LogP contribution in [0.5, 0.6) is 0 Å². The van der Waals surface area contributed by atoms with Crippen molar-refractivity contribution < 1.29 is 13.2 Å². The van der Waals surface area contributed by atoms with E-state index in [9.17, 15) is 13.2 Å². The Morgan fingerprint density at radius 2 is 1.88 bits per heavy atom. The van der Waals surface area contributed by atoms with Gasteiger partial charge in [-0.1, -0.05) is 43.7 Å². The van der Waals surface area contributed by atoms with Crippen LogP contribution >= 0.6 is 0 Å². The molecule has 2 aliphatic heterocycles. The molecule has 2 atom stereocenters. The zero-order chi connectivity index (χ0) is 18.6. The molecule has 0 bridgehead atoms. The zero-order valence-corrected chi connectivity index (χ0v) is 16.2. The Balaban J connectivity index is 1.59. The molecular weight excluding hydrogens is 350 g/mol. The van der Waals surface area contributed by atoms with Gasteiger partial charge in [-0.25, -0.2) is 13.2 Å². The van der Waals surface area contributed by atoms with Gasteiger partial charge in [-0.05, 0) is 24.9 Å². The average Bonchev–Trinajstić information content (AvgIpc) is 2.95. The van der Waals surface area contributed by atoms with Gasteiger partial charge in [-0.3, -0.25) is 4.90 Å². The molecule has 0 spiro atoms. The lowest BCUT2D eigenvalue weighted by atomic mass is 10.0. The second-order valence-corrected chi connectivity index (χ2v) is 9.42. The van der Waals surface area contributed by atoms with Crippen molar-refractivity contribution in [1.82, 2.24) is 15.1 Å². The Hall–Kier alpha value is -1.60. The number of nitrogens with zero attached hydrogens (tertiary/aromatic N) is 2. The second-order valence-electron chi connectivity index (χ2n) is 7.26. The molecule has 144 valence electrons. The number of carbonyl (C=O) groups is 1. The second kappa shape index (κ2) is 8.39. The van der Waals surface area contributed by atoms with Crippen LogP contribution in [0.15, 0.2) is 30.3 Å². The lowest BCUT2D eigenvalue weighted by Crippen LogP contribution is -2.62. The smallest absolute Gasteiger partial charge is 0.317 e. The number of unbranched alkanes of at least 4 members (excludes halogenated alkanes) is 1. The van der Waals surface area contributed by atoms with Crippen molar-refractivity contribution in [3.63, 3.8) is 0 Å². The minimum atomic E-state index is -3.08. The SMILES string of the molecule is CCCCN1CCN(C(=O)NCCc2ccccc2)[C@@H]2CS(=O)(=O)C[C@@H]21. The van der Waals surface area contributed by atoms with Crippen molar-refractivity contribution in [3.05, 3.63) is 35.9 Å². The number of hydrogen-bond acceptors (Lipinski definition) is 4. The molecule has 1 aromatic rings. The Bertz CT molecular complexity index is 708. The maximum absolute atomic E-state index is 12.7. The van der Waals surface area contributed by atoms with Gasteiger partial charge >= 0.3 is 6.03 Å². The van der Waals surface area contributed by atoms with Crippen LogP contribution < -0.4 is 5.32 Å². The maximum Gasteiger partial charge on any atom is 0.317 e. The van der Waals surface area contributed by atoms with Gasteiger partial charge in [-0.2, -0.15) is 0 Å². The predicted octanol–water partition coefficient (Wildman–Crippen LogP) is 1.52. The van der Waals surface area contributed by atoms with Crippen LogP contribution in [0.4, 0.5) is 4.79 Å². The summed E-state index contributed by atoms with van der Waals surface area (Å²) in [5.74, 6) is 0.265. The standard InChI is InChI=1S/C19H29N3O3S/c1-2-3-11-21-12-13-22(18-15-26(24,25)14-17(18)21)19(23)20-10-9-16-7-5-4-6-8-16/h4-8,17-18H,2-3,9-15H2,1H3,(H,20,23)/t17-,18+/m0/s1. The number of rotatable bonds is 6. The number of hydrogen-bond donors (Lipinski definition) is 1. The van der Waals surface area contributed by atoms with Crippen molar-refractivity contribution in [2.24, 2.45) is 0 Å². The molecule has 0 aromatic heterocycles. The van der Waals surface area contributed by atoms with E-state index in [0.29, 0.717) is 13.1 Å². The molecule has 2 fully saturated rings. The highest BCUT2D eigenvalue weighted by molar-refractivity contribution is 7.91. The highest BCUT2D eigenvalue weighted by Crippen LogP contribution is 2.27. The first-order chi connectivity index (χ1) is 12.5. The van der Waals surface area contributed by atoms with E-state index in [1.165, 1.54) is 5.56 Å². The first-order valence-electron chi connectivity index (χ1n) is 9.53. The lowest BCUT2D eigenvalue weighted by Gasteiger charge is -2.43. The topological polar surface area (TPSA) is 69.7 Å². The third-order valence-electron chi connectivity index (χ3n) is 5.38. The van der Waals surface area contributed by atoms with E-state index < -0.39 is 9.84 Å². The molecule has 26 heavy (non-hydrogen) atoms. The summed E-state index contributed by atoms with van der Waals surface area (Å²) in [4.78, 5) is 16.7. The van der Waals surface area contributed by atoms with Crippen LogP contribution in [-0.2, 0) is 16.3 Å². The van der Waals surface area contributed by atoms with Crippen LogP contribution in [0.1, 0.15) is 25.3 Å². The average molecular weight is 380 g/mol. The fraction of sp³-hybridized carbons (Fsp3) is 0.632. The van der Waals surface area contributed by atoms with Crippen LogP contribution in [0, 0.1) is 0 Å². The third kappa shape index (κ3) is 4.57. The molecule has 2 amide bonds. The molecule has 1 aromatic carbocycles. The van der Waals surface area contributed by atoms with Gasteiger partial charge < -0.3 is 10.2 Å². The van der Waals surface area contributed by atoms with Gasteiger partial charge in [0.15, 0.2) is 9.84 Å². The Morgan fingerprint density at radius 3 is 2.62 bits per heavy atom. The number of urea groups is 1. The number of carbonyl (C=O) groups excluding carboxylic acids is 1. The van der Waals surface area contributed by atoms with Crippen LogP contribution in [0.25, 0.3) is 0 Å². The lowest BCUT2D eigenvalue weighted by molar-refractivity contribution is 0.0649. The molecular formula is C19H29N3O3S. The van der Waals surface area contributed by atoms with Crippen molar-refractivity contribution >= 4 is 15.9 Å². The van der Waals surface area contributed by atoms with Crippen molar-refractivity contribution in [3.8, 4) is 0 Å². The Labute approximate surface area is 156 Å². The number of amides is 2. The van der Waals surface area contributed by atoms with Crippen LogP contribution in [0.3, 0.4) is 0 Å². The van der Waals surface area contributed by atoms with Crippen molar-refractivity contribution in [2.75, 3.05) is 37.7 Å². The molecule has 0 radical (unpaired) electrons. The van der Waals surface area contributed by atoms with Crippen molar-refractivity contribution in [2.45, 2.75) is 38.3 Å². The minimum absolute atomic E-state index is 0.0554. The van der Waals surface area contributed by atoms with E-state index in [0.717, 1.165) is 32.4 Å². The van der Waals surface area contributed by atoms with E-state index >= 15 is 0 Å². The van der Waals surface area contributed by atoms with Gasteiger partial charge in [0.2, 0.25) is 0 Å². The Morgan fingerprint density at radius 1 is 1.15 bits per heavy atom. The van der Waals surface area contributed by atoms with Gasteiger partial charge in [0.05, 0.1) is 17.5 Å². The molecule has 3 rings (SSSR count). The zero-order valence-electron chi connectivity index (χ0n) is 15.4. The van der Waals surface area contributed by atoms with E-state index in [4.69, 9.17) is 0 Å². The quantitative estimate of drug-likeness (QED) is 0.814. The summed E-state index contributed by atoms with van der Waals surface area (Å²) in [7, 11) is -3.08. The maximum atomic E-state index is 12.7. The number of sulfone groups is 1. The van der Waals surface area contributed by atoms with Gasteiger partial charge in [-0.15, -0.1) is 0 Å². The summed E-state index contributed by atoms with van der Waals surface area (Å²) in [6.45, 7) is 4.96. The molecule has 2 heterocycles. The fourth-order valence-corrected chi connectivity index (χ4v) is 5.99. The molecule has 0 unspecified atom stereocenters. The fourth-order valence-electron chi connectivity index (χ4n) is 3.98. The van der Waals surface area contributed by atoms with E-state index in [2.05, 4.69) is 17.1 Å². The first kappa shape index (κ1) is 19.2. The summed E-state index contributed by atoms with van der Waals surface area (Å²) < 4.78 is 24.4. The number of fused-ring (bicyclic) bond motifs is 1. The highest BCUT2D eigenvalue weighted by Gasteiger charge is 2.47. The number of benzene rings is 1. The summed E-state index contributed by atoms with van der Waals surface area (Å²) in [6.07, 6.45) is 2.92. The largest absolute Gasteiger partial charge is 0.338 e. The molecule has 6 nitrogen and oxygen atoms in total. The molecule has 2 aliphatic rings. The predicted molar refractivity (Wildman–Crippen MR) is 103 cm³/mol. The van der Waals surface area contributed by atoms with Gasteiger partial charge in [0.25, 0.3) is 0 Å². The monoisotopic (exact) mass is 379 g/mol. The molecule has 0 saturated carbocycles. The first-order valence-corrected chi connectivity index (χ1v) is 11.3. The highest BCUT2D eigenvalue weighted by atomic mass is 32.2. The van der Waals surface area contributed by atoms with Gasteiger partial charge in [0, 0.05) is 25.7 Å². The molecule has 7 heteroatoms. The summed E-state index contributed by atoms with van der Waals surface area (Å²) in [5.41, 5.74) is 1.18. The van der Waals surface area contributed by atoms with Gasteiger partial charge in [0.1, 0.15) is 0 Å². The normalized spacial score (nSPS) is 25.0. The van der Waals surface area contributed by atoms with E-state index in [1.54, 1.807) is 4.90 Å². The van der Waals surface area contributed by atoms with Crippen LogP contribution in [0.2, 0.25) is 0 Å². The van der Waals surface area contributed by atoms with E-state index in [1.807, 2.05) is 30.3 Å². The molecule has 2 saturated heterocycles. The number of piperazine rings is 1. The van der Waals surface area contributed by atoms with E-state index in [-0.39, 0.29) is 29.6 Å². The molecule has 1 N–H and O–H groups in total. The summed E-state index contributed by atoms with van der Waals surface area (Å²) in [5, 5.41) is 2.97. The minimum Gasteiger partial charge on any atom is -0.338 e. The third-order valence-corrected chi connectivity index (χ3v) is 7.08.